The zero-order chi connectivity index (χ0) is 20.6. The Morgan fingerprint density at radius 1 is 1.29 bits per heavy atom. The Morgan fingerprint density at radius 3 is 2.68 bits per heavy atom. The monoisotopic (exact) mass is 466 g/mol. The van der Waals surface area contributed by atoms with Crippen LogP contribution >= 0.6 is 15.9 Å². The summed E-state index contributed by atoms with van der Waals surface area (Å²) in [4.78, 5) is 17.4. The van der Waals surface area contributed by atoms with Crippen molar-refractivity contribution in [1.82, 2.24) is 14.5 Å². The van der Waals surface area contributed by atoms with Crippen LogP contribution in [0.2, 0.25) is 0 Å². The van der Waals surface area contributed by atoms with Crippen molar-refractivity contribution in [3.63, 3.8) is 0 Å². The van der Waals surface area contributed by atoms with Gasteiger partial charge >= 0.3 is 6.18 Å². The topological polar surface area (TPSA) is 64.2 Å². The van der Waals surface area contributed by atoms with E-state index in [0.29, 0.717) is 0 Å². The average molecular weight is 467 g/mol. The van der Waals surface area contributed by atoms with E-state index in [2.05, 4.69) is 20.9 Å². The molecule has 152 valence electrons. The molecule has 1 aromatic heterocycles. The fourth-order valence-electron chi connectivity index (χ4n) is 3.10. The fourth-order valence-corrected chi connectivity index (χ4v) is 3.79. The van der Waals surface area contributed by atoms with Crippen molar-refractivity contribution in [1.29, 1.82) is 0 Å². The van der Waals surface area contributed by atoms with Crippen LogP contribution in [0.3, 0.4) is 0 Å². The molecule has 0 aliphatic carbocycles. The first-order valence-corrected chi connectivity index (χ1v) is 9.15. The number of halogens is 6. The zero-order valence-electron chi connectivity index (χ0n) is 14.4. The van der Waals surface area contributed by atoms with Crippen LogP contribution in [0.25, 0.3) is 0 Å². The molecular weight excluding hydrogens is 451 g/mol. The maximum absolute atomic E-state index is 13.7. The van der Waals surface area contributed by atoms with Crippen molar-refractivity contribution >= 4 is 21.8 Å². The first-order valence-electron chi connectivity index (χ1n) is 8.35. The van der Waals surface area contributed by atoms with Crippen LogP contribution in [0, 0.1) is 11.6 Å². The molecule has 28 heavy (non-hydrogen) atoms. The third-order valence-corrected chi connectivity index (χ3v) is 5.26. The number of rotatable bonds is 4. The number of nitrogens with two attached hydrogens (primary N) is 1. The number of alkyl halides is 3. The molecule has 0 fully saturated rings. The zero-order valence-corrected chi connectivity index (χ0v) is 16.0. The van der Waals surface area contributed by atoms with E-state index in [9.17, 15) is 26.7 Å². The summed E-state index contributed by atoms with van der Waals surface area (Å²) >= 11 is 2.91. The number of amides is 1. The smallest absolute Gasteiger partial charge is 0.333 e. The molecule has 11 heteroatoms. The number of aromatic nitrogens is 2. The van der Waals surface area contributed by atoms with Gasteiger partial charge in [0, 0.05) is 25.6 Å². The summed E-state index contributed by atoms with van der Waals surface area (Å²) in [6.45, 7) is 0.256. The van der Waals surface area contributed by atoms with E-state index in [4.69, 9.17) is 5.73 Å². The third-order valence-electron chi connectivity index (χ3n) is 4.46. The van der Waals surface area contributed by atoms with Gasteiger partial charge in [-0.3, -0.25) is 4.79 Å². The first-order chi connectivity index (χ1) is 13.1. The number of imidazole rings is 1. The molecule has 2 heterocycles. The Labute approximate surface area is 165 Å². The minimum Gasteiger partial charge on any atom is -0.333 e. The van der Waals surface area contributed by atoms with Gasteiger partial charge in [0.1, 0.15) is 22.1 Å². The van der Waals surface area contributed by atoms with Crippen LogP contribution in [0.5, 0.6) is 0 Å². The van der Waals surface area contributed by atoms with Gasteiger partial charge in [0.25, 0.3) is 0 Å². The number of hydrogen-bond donors (Lipinski definition) is 1. The Kier molecular flexibility index (Phi) is 5.76. The van der Waals surface area contributed by atoms with E-state index in [-0.39, 0.29) is 54.4 Å². The molecule has 0 saturated carbocycles. The second kappa shape index (κ2) is 7.78. The normalized spacial score (nSPS) is 15.5. The molecule has 1 aromatic carbocycles. The summed E-state index contributed by atoms with van der Waals surface area (Å²) in [6.07, 6.45) is -4.79. The number of nitrogens with zero attached hydrogens (tertiary/aromatic N) is 3. The van der Waals surface area contributed by atoms with E-state index in [1.54, 1.807) is 0 Å². The van der Waals surface area contributed by atoms with E-state index >= 15 is 0 Å². The first kappa shape index (κ1) is 20.7. The minimum atomic E-state index is -4.60. The highest BCUT2D eigenvalue weighted by Crippen LogP contribution is 2.35. The molecule has 1 amide bonds. The van der Waals surface area contributed by atoms with Gasteiger partial charge in [-0.15, -0.1) is 0 Å². The Morgan fingerprint density at radius 2 is 2.00 bits per heavy atom. The third kappa shape index (κ3) is 4.35. The highest BCUT2D eigenvalue weighted by Gasteiger charge is 2.39. The molecule has 0 radical (unpaired) electrons. The van der Waals surface area contributed by atoms with E-state index in [1.165, 1.54) is 9.47 Å². The van der Waals surface area contributed by atoms with Crippen molar-refractivity contribution < 1.29 is 26.7 Å². The lowest BCUT2D eigenvalue weighted by atomic mass is 10.0. The molecule has 3 rings (SSSR count). The summed E-state index contributed by atoms with van der Waals surface area (Å²) in [6, 6.07) is 2.23. The lowest BCUT2D eigenvalue weighted by Gasteiger charge is -2.29. The van der Waals surface area contributed by atoms with Gasteiger partial charge < -0.3 is 15.2 Å². The second-order valence-electron chi connectivity index (χ2n) is 6.54. The van der Waals surface area contributed by atoms with Gasteiger partial charge in [-0.1, -0.05) is 0 Å². The summed E-state index contributed by atoms with van der Waals surface area (Å²) in [5, 5.41) is 0. The van der Waals surface area contributed by atoms with Crippen LogP contribution in [0.15, 0.2) is 22.8 Å². The van der Waals surface area contributed by atoms with Gasteiger partial charge in [0.2, 0.25) is 5.91 Å². The predicted octanol–water partition coefficient (Wildman–Crippen LogP) is 3.24. The summed E-state index contributed by atoms with van der Waals surface area (Å²) < 4.78 is 67.0. The van der Waals surface area contributed by atoms with Crippen LogP contribution in [-0.2, 0) is 30.5 Å². The minimum absolute atomic E-state index is 0.0401. The quantitative estimate of drug-likeness (QED) is 0.703. The SMILES string of the molecule is N[C@@H](CC(=O)N1CCn2c(nc(C(F)(F)F)c2Br)C1)Cc1cc(F)ccc1F. The molecule has 0 unspecified atom stereocenters. The fraction of sp³-hybridized carbons (Fsp3) is 0.412. The van der Waals surface area contributed by atoms with Crippen molar-refractivity contribution in [3.05, 3.63) is 51.5 Å². The maximum Gasteiger partial charge on any atom is 0.436 e. The molecular formula is C17H16BrF5N4O. The van der Waals surface area contributed by atoms with Crippen molar-refractivity contribution in [3.8, 4) is 0 Å². The molecule has 1 aliphatic heterocycles. The Balaban J connectivity index is 1.65. The second-order valence-corrected chi connectivity index (χ2v) is 7.29. The number of benzene rings is 1. The van der Waals surface area contributed by atoms with Gasteiger partial charge in [-0.05, 0) is 46.1 Å². The average Bonchev–Trinajstić information content (AvgIpc) is 2.94. The molecule has 0 bridgehead atoms. The van der Waals surface area contributed by atoms with Crippen LogP contribution in [0.4, 0.5) is 22.0 Å². The van der Waals surface area contributed by atoms with Gasteiger partial charge in [-0.25, -0.2) is 13.8 Å². The molecule has 2 N–H and O–H groups in total. The van der Waals surface area contributed by atoms with E-state index in [0.717, 1.165) is 18.2 Å². The number of carbonyl (C=O) groups excluding carboxylic acids is 1. The molecule has 0 saturated heterocycles. The molecule has 0 spiro atoms. The molecule has 1 atom stereocenters. The Bertz CT molecular complexity index is 898. The van der Waals surface area contributed by atoms with Crippen molar-refractivity contribution in [2.75, 3.05) is 6.54 Å². The van der Waals surface area contributed by atoms with Crippen LogP contribution in [0.1, 0.15) is 23.5 Å². The predicted molar refractivity (Wildman–Crippen MR) is 93.0 cm³/mol. The largest absolute Gasteiger partial charge is 0.436 e. The van der Waals surface area contributed by atoms with Crippen molar-refractivity contribution in [2.45, 2.75) is 38.1 Å². The van der Waals surface area contributed by atoms with Gasteiger partial charge in [0.15, 0.2) is 5.69 Å². The number of carbonyl (C=O) groups is 1. The van der Waals surface area contributed by atoms with Crippen LogP contribution in [-0.4, -0.2) is 32.9 Å². The lowest BCUT2D eigenvalue weighted by molar-refractivity contribution is -0.141. The number of fused-ring (bicyclic) bond motifs is 1. The highest BCUT2D eigenvalue weighted by molar-refractivity contribution is 9.10. The van der Waals surface area contributed by atoms with Gasteiger partial charge in [0.05, 0.1) is 6.54 Å². The molecule has 5 nitrogen and oxygen atoms in total. The molecule has 2 aromatic rings. The summed E-state index contributed by atoms with van der Waals surface area (Å²) in [5.41, 5.74) is 4.93. The maximum atomic E-state index is 13.7. The van der Waals surface area contributed by atoms with E-state index < -0.39 is 29.5 Å². The van der Waals surface area contributed by atoms with Crippen LogP contribution < -0.4 is 5.73 Å². The lowest BCUT2D eigenvalue weighted by Crippen LogP contribution is -2.41. The van der Waals surface area contributed by atoms with E-state index in [1.807, 2.05) is 0 Å². The summed E-state index contributed by atoms with van der Waals surface area (Å²) in [5.74, 6) is -1.50. The van der Waals surface area contributed by atoms with Gasteiger partial charge in [-0.2, -0.15) is 13.2 Å². The standard InChI is InChI=1S/C17H16BrF5N4O/c18-16-15(17(21,22)23)25-13-8-26(3-4-27(13)16)14(28)7-11(24)6-9-5-10(19)1-2-12(9)20/h1-2,5,11H,3-4,6-8,24H2/t11-/m1/s1. The Hall–Kier alpha value is -2.01. The number of hydrogen-bond acceptors (Lipinski definition) is 3. The highest BCUT2D eigenvalue weighted by atomic mass is 79.9. The summed E-state index contributed by atoms with van der Waals surface area (Å²) in [7, 11) is 0. The molecule has 1 aliphatic rings. The van der Waals surface area contributed by atoms with Crippen molar-refractivity contribution in [2.24, 2.45) is 5.73 Å².